The molecule has 0 aromatic rings. The van der Waals surface area contributed by atoms with Crippen LogP contribution in [0, 0.1) is 11.3 Å². The minimum absolute atomic E-state index is 0.237. The molecule has 2 fully saturated rings. The van der Waals surface area contributed by atoms with Crippen LogP contribution in [0.4, 0.5) is 0 Å². The second-order valence-corrected chi connectivity index (χ2v) is 5.43. The molecule has 1 aliphatic carbocycles. The van der Waals surface area contributed by atoms with Gasteiger partial charge in [0, 0.05) is 18.5 Å². The first kappa shape index (κ1) is 10.3. The molecule has 2 unspecified atom stereocenters. The maximum atomic E-state index is 11.8. The summed E-state index contributed by atoms with van der Waals surface area (Å²) in [5.74, 6) is 1.52. The van der Waals surface area contributed by atoms with E-state index in [9.17, 15) is 4.79 Å². The van der Waals surface area contributed by atoms with E-state index < -0.39 is 0 Å². The van der Waals surface area contributed by atoms with Gasteiger partial charge >= 0.3 is 0 Å². The Balaban J connectivity index is 2.00. The van der Waals surface area contributed by atoms with Gasteiger partial charge in [-0.1, -0.05) is 6.92 Å². The maximum Gasteiger partial charge on any atom is 0.225 e. The number of hydrogen-bond acceptors (Lipinski definition) is 2. The number of hydrogen-bond donors (Lipinski definition) is 1. The van der Waals surface area contributed by atoms with Gasteiger partial charge in [0.2, 0.25) is 5.91 Å². The first-order valence-electron chi connectivity index (χ1n) is 5.49. The normalized spacial score (nSPS) is 35.1. The minimum atomic E-state index is 0.237. The first-order valence-corrected chi connectivity index (χ1v) is 6.12. The predicted octanol–water partition coefficient (Wildman–Crippen LogP) is 1.95. The van der Waals surface area contributed by atoms with Crippen molar-refractivity contribution < 1.29 is 4.79 Å². The number of nitrogens with zero attached hydrogens (tertiary/aromatic N) is 1. The topological polar surface area (TPSA) is 20.3 Å². The van der Waals surface area contributed by atoms with Crippen molar-refractivity contribution in [3.8, 4) is 0 Å². The zero-order valence-electron chi connectivity index (χ0n) is 8.99. The van der Waals surface area contributed by atoms with Crippen molar-refractivity contribution in [3.05, 3.63) is 0 Å². The summed E-state index contributed by atoms with van der Waals surface area (Å²) in [6, 6.07) is 0.440. The summed E-state index contributed by atoms with van der Waals surface area (Å²) >= 11 is 4.38. The Bertz CT molecular complexity index is 250. The van der Waals surface area contributed by atoms with Crippen LogP contribution in [0.15, 0.2) is 0 Å². The highest BCUT2D eigenvalue weighted by Gasteiger charge is 2.46. The third-order valence-corrected chi connectivity index (χ3v) is 4.40. The van der Waals surface area contributed by atoms with Crippen molar-refractivity contribution in [3.63, 3.8) is 0 Å². The molecular formula is C11H19NOS. The number of carbonyl (C=O) groups excluding carboxylic acids is 1. The number of carbonyl (C=O) groups is 1. The number of likely N-dealkylation sites (tertiary alicyclic amines) is 1. The quantitative estimate of drug-likeness (QED) is 0.711. The van der Waals surface area contributed by atoms with Gasteiger partial charge < -0.3 is 4.90 Å². The molecule has 1 saturated carbocycles. The number of amides is 1. The van der Waals surface area contributed by atoms with E-state index in [0.717, 1.165) is 18.7 Å². The molecule has 2 rings (SSSR count). The summed E-state index contributed by atoms with van der Waals surface area (Å²) in [5, 5.41) is 0. The molecule has 2 atom stereocenters. The van der Waals surface area contributed by atoms with Crippen LogP contribution in [0.3, 0.4) is 0 Å². The second-order valence-electron chi connectivity index (χ2n) is 5.11. The molecule has 1 aliphatic heterocycles. The summed E-state index contributed by atoms with van der Waals surface area (Å²) in [4.78, 5) is 13.9. The Kier molecular flexibility index (Phi) is 2.54. The standard InChI is InChI=1S/C11H19NOS/c1-8-5-9(2)12(10(8)13)6-11(7-14)3-4-11/h8-9,14H,3-7H2,1-2H3. The van der Waals surface area contributed by atoms with Crippen molar-refractivity contribution in [2.75, 3.05) is 12.3 Å². The molecule has 0 aromatic carbocycles. The van der Waals surface area contributed by atoms with E-state index >= 15 is 0 Å². The van der Waals surface area contributed by atoms with Gasteiger partial charge in [-0.15, -0.1) is 0 Å². The van der Waals surface area contributed by atoms with Crippen LogP contribution in [-0.4, -0.2) is 29.1 Å². The van der Waals surface area contributed by atoms with Crippen molar-refractivity contribution >= 4 is 18.5 Å². The summed E-state index contributed by atoms with van der Waals surface area (Å²) in [6.07, 6.45) is 3.53. The Labute approximate surface area is 91.5 Å². The van der Waals surface area contributed by atoms with Crippen LogP contribution < -0.4 is 0 Å². The molecule has 0 spiro atoms. The predicted molar refractivity (Wildman–Crippen MR) is 60.5 cm³/mol. The Hall–Kier alpha value is -0.180. The van der Waals surface area contributed by atoms with Crippen molar-refractivity contribution in [1.82, 2.24) is 4.90 Å². The largest absolute Gasteiger partial charge is 0.339 e. The van der Waals surface area contributed by atoms with E-state index in [2.05, 4.69) is 24.5 Å². The molecule has 0 aromatic heterocycles. The van der Waals surface area contributed by atoms with Gasteiger partial charge in [-0.3, -0.25) is 4.79 Å². The van der Waals surface area contributed by atoms with E-state index in [1.54, 1.807) is 0 Å². The highest BCUT2D eigenvalue weighted by molar-refractivity contribution is 7.80. The lowest BCUT2D eigenvalue weighted by Crippen LogP contribution is -2.37. The second kappa shape index (κ2) is 3.44. The van der Waals surface area contributed by atoms with Gasteiger partial charge in [0.15, 0.2) is 0 Å². The van der Waals surface area contributed by atoms with Gasteiger partial charge in [-0.05, 0) is 37.4 Å². The van der Waals surface area contributed by atoms with E-state index in [0.29, 0.717) is 17.4 Å². The molecule has 14 heavy (non-hydrogen) atoms. The summed E-state index contributed by atoms with van der Waals surface area (Å²) in [5.41, 5.74) is 0.372. The summed E-state index contributed by atoms with van der Waals surface area (Å²) in [7, 11) is 0. The third kappa shape index (κ3) is 1.67. The average Bonchev–Trinajstić information content (AvgIpc) is 2.88. The number of rotatable bonds is 3. The molecule has 1 amide bonds. The molecule has 0 N–H and O–H groups in total. The van der Waals surface area contributed by atoms with Crippen LogP contribution in [0.1, 0.15) is 33.1 Å². The van der Waals surface area contributed by atoms with Gasteiger partial charge in [0.05, 0.1) is 0 Å². The molecule has 0 bridgehead atoms. The van der Waals surface area contributed by atoms with E-state index in [1.165, 1.54) is 12.8 Å². The van der Waals surface area contributed by atoms with Gasteiger partial charge in [0.25, 0.3) is 0 Å². The Morgan fingerprint density at radius 1 is 1.50 bits per heavy atom. The van der Waals surface area contributed by atoms with Crippen LogP contribution >= 0.6 is 12.6 Å². The highest BCUT2D eigenvalue weighted by Crippen LogP contribution is 2.48. The van der Waals surface area contributed by atoms with Crippen LogP contribution in [0.2, 0.25) is 0 Å². The highest BCUT2D eigenvalue weighted by atomic mass is 32.1. The molecule has 3 heteroatoms. The van der Waals surface area contributed by atoms with Gasteiger partial charge in [0.1, 0.15) is 0 Å². The van der Waals surface area contributed by atoms with E-state index in [-0.39, 0.29) is 5.92 Å². The molecule has 0 radical (unpaired) electrons. The number of thiol groups is 1. The first-order chi connectivity index (χ1) is 6.58. The Morgan fingerprint density at radius 3 is 2.50 bits per heavy atom. The molecule has 2 nitrogen and oxygen atoms in total. The minimum Gasteiger partial charge on any atom is -0.339 e. The van der Waals surface area contributed by atoms with E-state index in [1.807, 2.05) is 6.92 Å². The molecule has 1 heterocycles. The third-order valence-electron chi connectivity index (χ3n) is 3.73. The van der Waals surface area contributed by atoms with E-state index in [4.69, 9.17) is 0 Å². The van der Waals surface area contributed by atoms with Crippen molar-refractivity contribution in [2.45, 2.75) is 39.2 Å². The fraction of sp³-hybridized carbons (Fsp3) is 0.909. The molecule has 1 saturated heterocycles. The summed E-state index contributed by atoms with van der Waals surface area (Å²) < 4.78 is 0. The lowest BCUT2D eigenvalue weighted by Gasteiger charge is -2.26. The Morgan fingerprint density at radius 2 is 2.14 bits per heavy atom. The molecular weight excluding hydrogens is 194 g/mol. The van der Waals surface area contributed by atoms with Gasteiger partial charge in [-0.2, -0.15) is 12.6 Å². The fourth-order valence-electron chi connectivity index (χ4n) is 2.38. The lowest BCUT2D eigenvalue weighted by atomic mass is 10.1. The van der Waals surface area contributed by atoms with Crippen LogP contribution in [-0.2, 0) is 4.79 Å². The SMILES string of the molecule is CC1CC(C)N(CC2(CS)CC2)C1=O. The summed E-state index contributed by atoms with van der Waals surface area (Å²) in [6.45, 7) is 5.15. The van der Waals surface area contributed by atoms with Gasteiger partial charge in [-0.25, -0.2) is 0 Å². The monoisotopic (exact) mass is 213 g/mol. The lowest BCUT2D eigenvalue weighted by molar-refractivity contribution is -0.132. The van der Waals surface area contributed by atoms with Crippen LogP contribution in [0.5, 0.6) is 0 Å². The zero-order valence-corrected chi connectivity index (χ0v) is 9.89. The fourth-order valence-corrected chi connectivity index (χ4v) is 2.79. The van der Waals surface area contributed by atoms with Crippen molar-refractivity contribution in [2.24, 2.45) is 11.3 Å². The zero-order chi connectivity index (χ0) is 10.3. The maximum absolute atomic E-state index is 11.8. The smallest absolute Gasteiger partial charge is 0.225 e. The molecule has 2 aliphatic rings. The molecule has 80 valence electrons. The average molecular weight is 213 g/mol. The van der Waals surface area contributed by atoms with Crippen molar-refractivity contribution in [1.29, 1.82) is 0 Å². The van der Waals surface area contributed by atoms with Crippen LogP contribution in [0.25, 0.3) is 0 Å².